The summed E-state index contributed by atoms with van der Waals surface area (Å²) in [7, 11) is 0. The Kier molecular flexibility index (Phi) is 3.38. The Labute approximate surface area is 102 Å². The number of hydrogen-bond donors (Lipinski definition) is 2. The van der Waals surface area contributed by atoms with E-state index in [-0.39, 0.29) is 12.3 Å². The predicted molar refractivity (Wildman–Crippen MR) is 59.9 cm³/mol. The first-order chi connectivity index (χ1) is 8.61. The predicted octanol–water partition coefficient (Wildman–Crippen LogP) is 0.909. The highest BCUT2D eigenvalue weighted by atomic mass is 17.1. The van der Waals surface area contributed by atoms with Gasteiger partial charge in [0.25, 0.3) is 11.8 Å². The number of imide groups is 1. The van der Waals surface area contributed by atoms with Crippen molar-refractivity contribution in [1.29, 1.82) is 0 Å². The average Bonchev–Trinajstić information content (AvgIpc) is 2.64. The molecule has 1 aromatic rings. The number of nitrogens with one attached hydrogen (secondary N) is 1. The van der Waals surface area contributed by atoms with Crippen molar-refractivity contribution in [1.82, 2.24) is 5.32 Å². The molecule has 94 valence electrons. The van der Waals surface area contributed by atoms with Crippen molar-refractivity contribution in [3.05, 3.63) is 34.9 Å². The lowest BCUT2D eigenvalue weighted by atomic mass is 10.0. The number of aryl methyl sites for hydroxylation is 1. The van der Waals surface area contributed by atoms with Gasteiger partial charge in [-0.15, -0.1) is 0 Å². The normalized spacial score (nSPS) is 13.2. The molecule has 0 fully saturated rings. The third kappa shape index (κ3) is 2.38. The van der Waals surface area contributed by atoms with Crippen molar-refractivity contribution >= 4 is 17.8 Å². The zero-order chi connectivity index (χ0) is 13.1. The van der Waals surface area contributed by atoms with Gasteiger partial charge in [-0.3, -0.25) is 14.9 Å². The minimum atomic E-state index is -0.691. The van der Waals surface area contributed by atoms with Gasteiger partial charge in [-0.05, 0) is 30.5 Å². The Morgan fingerprint density at radius 3 is 2.67 bits per heavy atom. The molecule has 18 heavy (non-hydrogen) atoms. The van der Waals surface area contributed by atoms with E-state index in [4.69, 9.17) is 5.26 Å². The van der Waals surface area contributed by atoms with Crippen LogP contribution < -0.4 is 5.32 Å². The molecule has 0 aromatic heterocycles. The van der Waals surface area contributed by atoms with Crippen LogP contribution in [0.25, 0.3) is 0 Å². The van der Waals surface area contributed by atoms with Crippen molar-refractivity contribution in [2.75, 3.05) is 0 Å². The third-order valence-corrected chi connectivity index (χ3v) is 2.75. The van der Waals surface area contributed by atoms with E-state index in [0.29, 0.717) is 24.0 Å². The zero-order valence-electron chi connectivity index (χ0n) is 9.43. The van der Waals surface area contributed by atoms with Crippen LogP contribution in [0.1, 0.15) is 39.1 Å². The van der Waals surface area contributed by atoms with Crippen LogP contribution in [-0.2, 0) is 16.1 Å². The molecule has 1 heterocycles. The van der Waals surface area contributed by atoms with E-state index in [1.807, 2.05) is 0 Å². The molecule has 0 saturated carbocycles. The Morgan fingerprint density at radius 1 is 1.22 bits per heavy atom. The van der Waals surface area contributed by atoms with Gasteiger partial charge in [0.15, 0.2) is 0 Å². The van der Waals surface area contributed by atoms with Gasteiger partial charge < -0.3 is 4.89 Å². The van der Waals surface area contributed by atoms with Crippen LogP contribution in [0.5, 0.6) is 0 Å². The quantitative estimate of drug-likeness (QED) is 0.470. The number of amides is 2. The molecule has 1 aliphatic heterocycles. The van der Waals surface area contributed by atoms with E-state index in [2.05, 4.69) is 10.2 Å². The summed E-state index contributed by atoms with van der Waals surface area (Å²) in [5, 5.41) is 10.3. The molecule has 6 nitrogen and oxygen atoms in total. The summed E-state index contributed by atoms with van der Waals surface area (Å²) < 4.78 is 0. The Bertz CT molecular complexity index is 523. The third-order valence-electron chi connectivity index (χ3n) is 2.75. The van der Waals surface area contributed by atoms with Crippen LogP contribution >= 0.6 is 0 Å². The molecule has 1 aliphatic rings. The summed E-state index contributed by atoms with van der Waals surface area (Å²) in [6.07, 6.45) is 1.15. The lowest BCUT2D eigenvalue weighted by Gasteiger charge is -2.02. The maximum atomic E-state index is 11.4. The molecule has 0 unspecified atom stereocenters. The molecule has 0 bridgehead atoms. The fourth-order valence-electron chi connectivity index (χ4n) is 1.85. The lowest BCUT2D eigenvalue weighted by Crippen LogP contribution is -2.19. The topological polar surface area (TPSA) is 92.7 Å². The molecule has 1 aromatic carbocycles. The second kappa shape index (κ2) is 4.97. The van der Waals surface area contributed by atoms with Gasteiger partial charge in [-0.2, -0.15) is 5.26 Å². The van der Waals surface area contributed by atoms with E-state index in [1.54, 1.807) is 18.2 Å². The van der Waals surface area contributed by atoms with Crippen molar-refractivity contribution in [2.24, 2.45) is 0 Å². The Balaban J connectivity index is 2.04. The zero-order valence-corrected chi connectivity index (χ0v) is 9.43. The van der Waals surface area contributed by atoms with Gasteiger partial charge in [-0.1, -0.05) is 6.07 Å². The summed E-state index contributed by atoms with van der Waals surface area (Å²) in [5.74, 6) is -1.47. The summed E-state index contributed by atoms with van der Waals surface area (Å²) >= 11 is 0. The average molecular weight is 249 g/mol. The number of hydrogen-bond acceptors (Lipinski definition) is 5. The van der Waals surface area contributed by atoms with Crippen LogP contribution in [0.2, 0.25) is 0 Å². The van der Waals surface area contributed by atoms with Gasteiger partial charge >= 0.3 is 5.97 Å². The highest BCUT2D eigenvalue weighted by molar-refractivity contribution is 6.21. The first-order valence-corrected chi connectivity index (χ1v) is 5.44. The summed E-state index contributed by atoms with van der Waals surface area (Å²) in [6, 6.07) is 4.97. The maximum Gasteiger partial charge on any atom is 0.342 e. The number of carbonyl (C=O) groups is 3. The second-order valence-electron chi connectivity index (χ2n) is 3.98. The van der Waals surface area contributed by atoms with E-state index < -0.39 is 11.9 Å². The molecule has 2 rings (SSSR count). The SMILES string of the molecule is O=C(CCCc1ccc2c(c1)C(=O)NC2=O)OO. The fraction of sp³-hybridized carbons (Fsp3) is 0.250. The van der Waals surface area contributed by atoms with E-state index in [0.717, 1.165) is 5.56 Å². The van der Waals surface area contributed by atoms with Gasteiger partial charge in [0, 0.05) is 6.42 Å². The van der Waals surface area contributed by atoms with Gasteiger partial charge in [0.05, 0.1) is 11.1 Å². The molecule has 0 atom stereocenters. The van der Waals surface area contributed by atoms with Crippen molar-refractivity contribution in [3.63, 3.8) is 0 Å². The minimum absolute atomic E-state index is 0.0959. The molecule has 0 radical (unpaired) electrons. The standard InChI is InChI=1S/C12H11NO5/c14-10(18-17)3-1-2-7-4-5-8-9(6-7)12(16)13-11(8)15/h4-6,17H,1-3H2,(H,13,15,16). The number of fused-ring (bicyclic) bond motifs is 1. The first-order valence-electron chi connectivity index (χ1n) is 5.44. The van der Waals surface area contributed by atoms with Crippen molar-refractivity contribution < 1.29 is 24.5 Å². The van der Waals surface area contributed by atoms with Crippen LogP contribution in [0.3, 0.4) is 0 Å². The van der Waals surface area contributed by atoms with Crippen molar-refractivity contribution in [2.45, 2.75) is 19.3 Å². The van der Waals surface area contributed by atoms with E-state index in [1.165, 1.54) is 0 Å². The Hall–Kier alpha value is -2.21. The van der Waals surface area contributed by atoms with Gasteiger partial charge in [0.2, 0.25) is 0 Å². The van der Waals surface area contributed by atoms with Crippen LogP contribution in [0.15, 0.2) is 18.2 Å². The number of rotatable bonds is 4. The van der Waals surface area contributed by atoms with E-state index in [9.17, 15) is 14.4 Å². The van der Waals surface area contributed by atoms with Gasteiger partial charge in [-0.25, -0.2) is 4.79 Å². The molecule has 0 aliphatic carbocycles. The molecule has 2 amide bonds. The molecule has 6 heteroatoms. The minimum Gasteiger partial charge on any atom is -0.301 e. The summed E-state index contributed by atoms with van der Waals surface area (Å²) in [6.45, 7) is 0. The molecule has 2 N–H and O–H groups in total. The van der Waals surface area contributed by atoms with Crippen LogP contribution in [0.4, 0.5) is 0 Å². The molecule has 0 spiro atoms. The number of carbonyl (C=O) groups excluding carboxylic acids is 3. The number of benzene rings is 1. The summed E-state index contributed by atoms with van der Waals surface area (Å²) in [5.41, 5.74) is 1.59. The fourth-order valence-corrected chi connectivity index (χ4v) is 1.85. The second-order valence-corrected chi connectivity index (χ2v) is 3.98. The molecular weight excluding hydrogens is 238 g/mol. The highest BCUT2D eigenvalue weighted by Crippen LogP contribution is 2.18. The van der Waals surface area contributed by atoms with Gasteiger partial charge in [0.1, 0.15) is 0 Å². The summed E-state index contributed by atoms with van der Waals surface area (Å²) in [4.78, 5) is 37.0. The van der Waals surface area contributed by atoms with Crippen molar-refractivity contribution in [3.8, 4) is 0 Å². The molecular formula is C12H11NO5. The largest absolute Gasteiger partial charge is 0.342 e. The maximum absolute atomic E-state index is 11.4. The molecule has 0 saturated heterocycles. The monoisotopic (exact) mass is 249 g/mol. The van der Waals surface area contributed by atoms with Crippen LogP contribution in [0, 0.1) is 0 Å². The van der Waals surface area contributed by atoms with Crippen LogP contribution in [-0.4, -0.2) is 23.0 Å². The smallest absolute Gasteiger partial charge is 0.301 e. The van der Waals surface area contributed by atoms with E-state index >= 15 is 0 Å². The highest BCUT2D eigenvalue weighted by Gasteiger charge is 2.26. The first kappa shape index (κ1) is 12.3. The lowest BCUT2D eigenvalue weighted by molar-refractivity contribution is -0.234. The Morgan fingerprint density at radius 2 is 1.94 bits per heavy atom.